The van der Waals surface area contributed by atoms with E-state index in [4.69, 9.17) is 11.5 Å². The summed E-state index contributed by atoms with van der Waals surface area (Å²) in [4.78, 5) is 0. The Kier molecular flexibility index (Phi) is 4.13. The third kappa shape index (κ3) is 2.64. The molecule has 0 fully saturated rings. The maximum atomic E-state index is 5.61. The van der Waals surface area contributed by atoms with E-state index in [1.807, 2.05) is 18.2 Å². The zero-order valence-corrected chi connectivity index (χ0v) is 9.52. The maximum absolute atomic E-state index is 5.61. The van der Waals surface area contributed by atoms with Crippen LogP contribution in [0.1, 0.15) is 5.56 Å². The lowest BCUT2D eigenvalue weighted by molar-refractivity contribution is 0.712. The Balaban J connectivity index is 0.00000128. The molecule has 0 saturated heterocycles. The number of benzene rings is 1. The summed E-state index contributed by atoms with van der Waals surface area (Å²) in [5, 5.41) is 7.39. The molecule has 6 heteroatoms. The van der Waals surface area contributed by atoms with Crippen molar-refractivity contribution in [1.82, 2.24) is 14.8 Å². The molecule has 2 aromatic rings. The zero-order valence-electron chi connectivity index (χ0n) is 8.71. The minimum atomic E-state index is 0. The smallest absolute Gasteiger partial charge is 0.223 e. The molecule has 0 spiro atoms. The van der Waals surface area contributed by atoms with E-state index in [1.165, 1.54) is 5.56 Å². The zero-order chi connectivity index (χ0) is 10.7. The highest BCUT2D eigenvalue weighted by Gasteiger charge is 2.04. The second-order valence-electron chi connectivity index (χ2n) is 3.30. The van der Waals surface area contributed by atoms with Gasteiger partial charge in [-0.05, 0) is 12.0 Å². The highest BCUT2D eigenvalue weighted by molar-refractivity contribution is 5.85. The van der Waals surface area contributed by atoms with Gasteiger partial charge in [0, 0.05) is 6.54 Å². The molecule has 5 nitrogen and oxygen atoms in total. The molecule has 1 aromatic carbocycles. The number of aromatic nitrogens is 3. The minimum absolute atomic E-state index is 0. The summed E-state index contributed by atoms with van der Waals surface area (Å²) in [5.74, 6) is 0.729. The first kappa shape index (κ1) is 12.3. The average molecular weight is 240 g/mol. The van der Waals surface area contributed by atoms with Gasteiger partial charge in [0.05, 0.1) is 0 Å². The first-order chi connectivity index (χ1) is 7.27. The highest BCUT2D eigenvalue weighted by Crippen LogP contribution is 2.08. The van der Waals surface area contributed by atoms with E-state index in [0.717, 1.165) is 6.42 Å². The fourth-order valence-electron chi connectivity index (χ4n) is 1.44. The molecule has 0 atom stereocenters. The van der Waals surface area contributed by atoms with Crippen molar-refractivity contribution in [2.24, 2.45) is 0 Å². The molecule has 86 valence electrons. The summed E-state index contributed by atoms with van der Waals surface area (Å²) in [6, 6.07) is 10.1. The maximum Gasteiger partial charge on any atom is 0.223 e. The molecule has 0 amide bonds. The van der Waals surface area contributed by atoms with Gasteiger partial charge in [-0.25, -0.2) is 0 Å². The monoisotopic (exact) mass is 239 g/mol. The summed E-state index contributed by atoms with van der Waals surface area (Å²) >= 11 is 0. The summed E-state index contributed by atoms with van der Waals surface area (Å²) in [5.41, 5.74) is 12.5. The molecule has 1 heterocycles. The average Bonchev–Trinajstić information content (AvgIpc) is 2.58. The standard InChI is InChI=1S/C10H13N5.ClH/c11-9-13-14-10(12)15(9)7-6-8-4-2-1-3-5-8;/h1-5H,6-7H2,(H2,11,13)(H2,12,14);1H. The molecule has 0 aliphatic rings. The number of anilines is 2. The van der Waals surface area contributed by atoms with Gasteiger partial charge in [0.25, 0.3) is 0 Å². The van der Waals surface area contributed by atoms with Crippen LogP contribution in [-0.4, -0.2) is 14.8 Å². The van der Waals surface area contributed by atoms with Crippen LogP contribution in [0.15, 0.2) is 30.3 Å². The number of rotatable bonds is 3. The third-order valence-electron chi connectivity index (χ3n) is 2.27. The second kappa shape index (κ2) is 5.37. The van der Waals surface area contributed by atoms with Crippen LogP contribution in [-0.2, 0) is 13.0 Å². The van der Waals surface area contributed by atoms with Crippen molar-refractivity contribution in [1.29, 1.82) is 0 Å². The molecule has 0 radical (unpaired) electrons. The second-order valence-corrected chi connectivity index (χ2v) is 3.30. The van der Waals surface area contributed by atoms with E-state index >= 15 is 0 Å². The number of halogens is 1. The Morgan fingerprint density at radius 1 is 1.00 bits per heavy atom. The number of hydrogen-bond donors (Lipinski definition) is 2. The Labute approximate surface area is 99.9 Å². The van der Waals surface area contributed by atoms with Crippen LogP contribution >= 0.6 is 12.4 Å². The Hall–Kier alpha value is -1.75. The number of nitrogens with two attached hydrogens (primary N) is 2. The fraction of sp³-hybridized carbons (Fsp3) is 0.200. The predicted octanol–water partition coefficient (Wildman–Crippen LogP) is 1.11. The molecule has 0 aliphatic carbocycles. The van der Waals surface area contributed by atoms with Crippen molar-refractivity contribution in [2.45, 2.75) is 13.0 Å². The number of aryl methyl sites for hydroxylation is 1. The van der Waals surface area contributed by atoms with Gasteiger partial charge >= 0.3 is 0 Å². The van der Waals surface area contributed by atoms with Crippen molar-refractivity contribution < 1.29 is 0 Å². The lowest BCUT2D eigenvalue weighted by Crippen LogP contribution is -2.08. The van der Waals surface area contributed by atoms with Crippen LogP contribution in [0, 0.1) is 0 Å². The van der Waals surface area contributed by atoms with Gasteiger partial charge in [0.15, 0.2) is 0 Å². The van der Waals surface area contributed by atoms with E-state index < -0.39 is 0 Å². The van der Waals surface area contributed by atoms with Gasteiger partial charge in [-0.1, -0.05) is 30.3 Å². The van der Waals surface area contributed by atoms with Gasteiger partial charge in [-0.3, -0.25) is 4.57 Å². The topological polar surface area (TPSA) is 82.8 Å². The molecule has 2 rings (SSSR count). The van der Waals surface area contributed by atoms with Crippen LogP contribution < -0.4 is 11.5 Å². The van der Waals surface area contributed by atoms with Crippen molar-refractivity contribution >= 4 is 24.3 Å². The molecule has 4 N–H and O–H groups in total. The Morgan fingerprint density at radius 3 is 2.12 bits per heavy atom. The summed E-state index contributed by atoms with van der Waals surface area (Å²) in [6.45, 7) is 0.703. The van der Waals surface area contributed by atoms with Crippen molar-refractivity contribution in [3.8, 4) is 0 Å². The first-order valence-corrected chi connectivity index (χ1v) is 4.75. The number of nitrogen functional groups attached to an aromatic ring is 2. The third-order valence-corrected chi connectivity index (χ3v) is 2.27. The summed E-state index contributed by atoms with van der Waals surface area (Å²) in [6.07, 6.45) is 0.868. The lowest BCUT2D eigenvalue weighted by Gasteiger charge is -2.05. The van der Waals surface area contributed by atoms with Crippen molar-refractivity contribution in [2.75, 3.05) is 11.5 Å². The normalized spacial score (nSPS) is 9.75. The van der Waals surface area contributed by atoms with Gasteiger partial charge in [-0.2, -0.15) is 0 Å². The SMILES string of the molecule is Cl.Nc1nnc(N)n1CCc1ccccc1. The molecule has 0 saturated carbocycles. The van der Waals surface area contributed by atoms with Crippen LogP contribution in [0.25, 0.3) is 0 Å². The van der Waals surface area contributed by atoms with Crippen LogP contribution in [0.2, 0.25) is 0 Å². The molecule has 16 heavy (non-hydrogen) atoms. The summed E-state index contributed by atoms with van der Waals surface area (Å²) < 4.78 is 1.70. The van der Waals surface area contributed by atoms with E-state index in [0.29, 0.717) is 18.4 Å². The first-order valence-electron chi connectivity index (χ1n) is 4.75. The fourth-order valence-corrected chi connectivity index (χ4v) is 1.44. The molecule has 1 aromatic heterocycles. The molecular formula is C10H14ClN5. The molecule has 0 aliphatic heterocycles. The highest BCUT2D eigenvalue weighted by atomic mass is 35.5. The molecule has 0 bridgehead atoms. The van der Waals surface area contributed by atoms with Gasteiger partial charge in [-0.15, -0.1) is 22.6 Å². The van der Waals surface area contributed by atoms with Gasteiger partial charge in [0.1, 0.15) is 0 Å². The number of hydrogen-bond acceptors (Lipinski definition) is 4. The van der Waals surface area contributed by atoms with E-state index in [2.05, 4.69) is 22.3 Å². The largest absolute Gasteiger partial charge is 0.368 e. The van der Waals surface area contributed by atoms with Crippen LogP contribution in [0.5, 0.6) is 0 Å². The minimum Gasteiger partial charge on any atom is -0.368 e. The van der Waals surface area contributed by atoms with E-state index in [-0.39, 0.29) is 12.4 Å². The van der Waals surface area contributed by atoms with Gasteiger partial charge in [0.2, 0.25) is 11.9 Å². The Bertz CT molecular complexity index is 420. The van der Waals surface area contributed by atoms with Crippen LogP contribution in [0.4, 0.5) is 11.9 Å². The Morgan fingerprint density at radius 2 is 1.56 bits per heavy atom. The van der Waals surface area contributed by atoms with Crippen LogP contribution in [0.3, 0.4) is 0 Å². The number of nitrogens with zero attached hydrogens (tertiary/aromatic N) is 3. The van der Waals surface area contributed by atoms with Crippen molar-refractivity contribution in [3.05, 3.63) is 35.9 Å². The lowest BCUT2D eigenvalue weighted by atomic mass is 10.1. The van der Waals surface area contributed by atoms with Gasteiger partial charge < -0.3 is 11.5 Å². The van der Waals surface area contributed by atoms with E-state index in [9.17, 15) is 0 Å². The molecule has 0 unspecified atom stereocenters. The quantitative estimate of drug-likeness (QED) is 0.841. The van der Waals surface area contributed by atoms with E-state index in [1.54, 1.807) is 4.57 Å². The molecular weight excluding hydrogens is 226 g/mol. The summed E-state index contributed by atoms with van der Waals surface area (Å²) in [7, 11) is 0. The van der Waals surface area contributed by atoms with Crippen molar-refractivity contribution in [3.63, 3.8) is 0 Å². The predicted molar refractivity (Wildman–Crippen MR) is 66.2 cm³/mol.